The van der Waals surface area contributed by atoms with Crippen LogP contribution in [0.3, 0.4) is 0 Å². The van der Waals surface area contributed by atoms with E-state index in [1.54, 1.807) is 6.26 Å². The average Bonchev–Trinajstić information content (AvgIpc) is 2.99. The van der Waals surface area contributed by atoms with Crippen LogP contribution in [0.15, 0.2) is 16.7 Å². The van der Waals surface area contributed by atoms with Crippen molar-refractivity contribution >= 4 is 5.91 Å². The van der Waals surface area contributed by atoms with E-state index in [4.69, 9.17) is 15.0 Å². The van der Waals surface area contributed by atoms with Gasteiger partial charge in [-0.15, -0.1) is 0 Å². The molecule has 6 heteroatoms. The van der Waals surface area contributed by atoms with Crippen molar-refractivity contribution < 1.29 is 13.9 Å². The van der Waals surface area contributed by atoms with Gasteiger partial charge in [0.25, 0.3) is 5.91 Å². The van der Waals surface area contributed by atoms with Gasteiger partial charge in [0, 0.05) is 18.7 Å². The van der Waals surface area contributed by atoms with Crippen molar-refractivity contribution in [2.75, 3.05) is 13.6 Å². The SMILES string of the molecule is Cc1occc1CN(C)CC1CCC(C(=O)NN)O1. The number of rotatable bonds is 5. The van der Waals surface area contributed by atoms with Crippen LogP contribution in [-0.4, -0.2) is 36.6 Å². The van der Waals surface area contributed by atoms with Gasteiger partial charge in [0.1, 0.15) is 11.9 Å². The number of aryl methyl sites for hydroxylation is 1. The molecule has 1 fully saturated rings. The Balaban J connectivity index is 1.79. The third-order valence-electron chi connectivity index (χ3n) is 3.46. The normalized spacial score (nSPS) is 22.9. The molecular weight excluding hydrogens is 246 g/mol. The van der Waals surface area contributed by atoms with E-state index in [0.717, 1.165) is 31.7 Å². The molecular formula is C13H21N3O3. The second kappa shape index (κ2) is 6.18. The Morgan fingerprint density at radius 3 is 3.00 bits per heavy atom. The zero-order valence-corrected chi connectivity index (χ0v) is 11.4. The molecule has 6 nitrogen and oxygen atoms in total. The summed E-state index contributed by atoms with van der Waals surface area (Å²) < 4.78 is 11.0. The van der Waals surface area contributed by atoms with Crippen molar-refractivity contribution in [3.05, 3.63) is 23.7 Å². The predicted molar refractivity (Wildman–Crippen MR) is 70.0 cm³/mol. The second-order valence-corrected chi connectivity index (χ2v) is 5.03. The molecule has 1 aromatic rings. The summed E-state index contributed by atoms with van der Waals surface area (Å²) in [7, 11) is 2.03. The number of hydrogen-bond acceptors (Lipinski definition) is 5. The van der Waals surface area contributed by atoms with Crippen molar-refractivity contribution in [2.24, 2.45) is 5.84 Å². The van der Waals surface area contributed by atoms with Gasteiger partial charge in [-0.05, 0) is 32.9 Å². The van der Waals surface area contributed by atoms with E-state index in [-0.39, 0.29) is 12.0 Å². The number of amides is 1. The summed E-state index contributed by atoms with van der Waals surface area (Å²) in [5.41, 5.74) is 3.31. The molecule has 0 bridgehead atoms. The van der Waals surface area contributed by atoms with Gasteiger partial charge in [-0.25, -0.2) is 5.84 Å². The highest BCUT2D eigenvalue weighted by Crippen LogP contribution is 2.21. The number of carbonyl (C=O) groups excluding carboxylic acids is 1. The number of carbonyl (C=O) groups is 1. The van der Waals surface area contributed by atoms with Crippen LogP contribution in [0.25, 0.3) is 0 Å². The molecule has 0 saturated carbocycles. The Hall–Kier alpha value is -1.37. The number of nitrogens with one attached hydrogen (secondary N) is 1. The van der Waals surface area contributed by atoms with Gasteiger partial charge in [0.05, 0.1) is 12.4 Å². The smallest absolute Gasteiger partial charge is 0.263 e. The van der Waals surface area contributed by atoms with E-state index >= 15 is 0 Å². The first-order valence-corrected chi connectivity index (χ1v) is 6.47. The van der Waals surface area contributed by atoms with Gasteiger partial charge in [-0.2, -0.15) is 0 Å². The van der Waals surface area contributed by atoms with Gasteiger partial charge in [0.2, 0.25) is 0 Å². The maximum Gasteiger partial charge on any atom is 0.263 e. The van der Waals surface area contributed by atoms with Crippen LogP contribution in [0.4, 0.5) is 0 Å². The van der Waals surface area contributed by atoms with Crippen LogP contribution in [-0.2, 0) is 16.1 Å². The molecule has 0 spiro atoms. The lowest BCUT2D eigenvalue weighted by Crippen LogP contribution is -2.39. The topological polar surface area (TPSA) is 80.7 Å². The standard InChI is InChI=1S/C13H21N3O3/c1-9-10(5-6-18-9)7-16(2)8-11-3-4-12(19-11)13(17)15-14/h5-6,11-12H,3-4,7-8,14H2,1-2H3,(H,15,17). The molecule has 106 valence electrons. The molecule has 1 aromatic heterocycles. The number of nitrogens with zero attached hydrogens (tertiary/aromatic N) is 1. The summed E-state index contributed by atoms with van der Waals surface area (Å²) in [6, 6.07) is 1.98. The van der Waals surface area contributed by atoms with Crippen LogP contribution >= 0.6 is 0 Å². The molecule has 1 aliphatic rings. The quantitative estimate of drug-likeness (QED) is 0.463. The van der Waals surface area contributed by atoms with Gasteiger partial charge >= 0.3 is 0 Å². The lowest BCUT2D eigenvalue weighted by Gasteiger charge is -2.20. The van der Waals surface area contributed by atoms with E-state index in [1.165, 1.54) is 5.56 Å². The number of hydrogen-bond donors (Lipinski definition) is 2. The Kier molecular flexibility index (Phi) is 4.57. The minimum Gasteiger partial charge on any atom is -0.469 e. The van der Waals surface area contributed by atoms with Gasteiger partial charge in [0.15, 0.2) is 0 Å². The fourth-order valence-corrected chi connectivity index (χ4v) is 2.40. The van der Waals surface area contributed by atoms with E-state index in [0.29, 0.717) is 0 Å². The zero-order chi connectivity index (χ0) is 13.8. The minimum atomic E-state index is -0.404. The minimum absolute atomic E-state index is 0.0829. The number of likely N-dealkylation sites (N-methyl/N-ethyl adjacent to an activating group) is 1. The van der Waals surface area contributed by atoms with Crippen LogP contribution < -0.4 is 11.3 Å². The Bertz CT molecular complexity index is 433. The van der Waals surface area contributed by atoms with Gasteiger partial charge < -0.3 is 9.15 Å². The molecule has 1 amide bonds. The zero-order valence-electron chi connectivity index (χ0n) is 11.4. The number of ether oxygens (including phenoxy) is 1. The fraction of sp³-hybridized carbons (Fsp3) is 0.615. The first-order valence-electron chi connectivity index (χ1n) is 6.47. The summed E-state index contributed by atoms with van der Waals surface area (Å²) in [4.78, 5) is 13.5. The van der Waals surface area contributed by atoms with Crippen LogP contribution in [0.1, 0.15) is 24.2 Å². The Morgan fingerprint density at radius 1 is 1.58 bits per heavy atom. The summed E-state index contributed by atoms with van der Waals surface area (Å²) in [5.74, 6) is 5.81. The molecule has 0 aliphatic carbocycles. The highest BCUT2D eigenvalue weighted by molar-refractivity contribution is 5.80. The molecule has 3 N–H and O–H groups in total. The summed E-state index contributed by atoms with van der Waals surface area (Å²) in [6.07, 6.45) is 2.99. The first kappa shape index (κ1) is 14.0. The lowest BCUT2D eigenvalue weighted by atomic mass is 10.1. The van der Waals surface area contributed by atoms with Crippen molar-refractivity contribution in [3.8, 4) is 0 Å². The largest absolute Gasteiger partial charge is 0.469 e. The number of furan rings is 1. The molecule has 19 heavy (non-hydrogen) atoms. The van der Waals surface area contributed by atoms with Crippen molar-refractivity contribution in [1.82, 2.24) is 10.3 Å². The highest BCUT2D eigenvalue weighted by atomic mass is 16.5. The van der Waals surface area contributed by atoms with Crippen LogP contribution in [0.5, 0.6) is 0 Å². The van der Waals surface area contributed by atoms with Crippen LogP contribution in [0, 0.1) is 6.92 Å². The molecule has 0 aromatic carbocycles. The Labute approximate surface area is 112 Å². The molecule has 2 heterocycles. The second-order valence-electron chi connectivity index (χ2n) is 5.03. The fourth-order valence-electron chi connectivity index (χ4n) is 2.40. The van der Waals surface area contributed by atoms with Crippen LogP contribution in [0.2, 0.25) is 0 Å². The van der Waals surface area contributed by atoms with Crippen molar-refractivity contribution in [1.29, 1.82) is 0 Å². The first-order chi connectivity index (χ1) is 9.10. The molecule has 1 aliphatic heterocycles. The highest BCUT2D eigenvalue weighted by Gasteiger charge is 2.30. The molecule has 2 atom stereocenters. The summed E-state index contributed by atoms with van der Waals surface area (Å²) in [5, 5.41) is 0. The summed E-state index contributed by atoms with van der Waals surface area (Å²) in [6.45, 7) is 3.56. The lowest BCUT2D eigenvalue weighted by molar-refractivity contribution is -0.132. The van der Waals surface area contributed by atoms with Crippen molar-refractivity contribution in [3.63, 3.8) is 0 Å². The van der Waals surface area contributed by atoms with E-state index < -0.39 is 6.10 Å². The number of nitrogens with two attached hydrogens (primary N) is 1. The number of hydrazine groups is 1. The summed E-state index contributed by atoms with van der Waals surface area (Å²) >= 11 is 0. The van der Waals surface area contributed by atoms with E-state index in [9.17, 15) is 4.79 Å². The van der Waals surface area contributed by atoms with E-state index in [1.807, 2.05) is 20.0 Å². The predicted octanol–water partition coefficient (Wildman–Crippen LogP) is 0.557. The maximum absolute atomic E-state index is 11.4. The average molecular weight is 267 g/mol. The van der Waals surface area contributed by atoms with Crippen molar-refractivity contribution in [2.45, 2.75) is 38.5 Å². The Morgan fingerprint density at radius 2 is 2.37 bits per heavy atom. The third kappa shape index (κ3) is 3.56. The monoisotopic (exact) mass is 267 g/mol. The van der Waals surface area contributed by atoms with E-state index in [2.05, 4.69) is 10.3 Å². The maximum atomic E-state index is 11.4. The van der Waals surface area contributed by atoms with Gasteiger partial charge in [-0.1, -0.05) is 0 Å². The van der Waals surface area contributed by atoms with Gasteiger partial charge in [-0.3, -0.25) is 15.1 Å². The molecule has 2 unspecified atom stereocenters. The molecule has 1 saturated heterocycles. The molecule has 2 rings (SSSR count). The molecule has 0 radical (unpaired) electrons. The third-order valence-corrected chi connectivity index (χ3v) is 3.46.